The summed E-state index contributed by atoms with van der Waals surface area (Å²) in [6, 6.07) is 0. The van der Waals surface area contributed by atoms with E-state index in [2.05, 4.69) is 15.5 Å². The highest BCUT2D eigenvalue weighted by Crippen LogP contribution is 2.19. The molecule has 1 aliphatic heterocycles. The third kappa shape index (κ3) is 3.04. The number of nitrogens with one attached hydrogen (secondary N) is 1. The summed E-state index contributed by atoms with van der Waals surface area (Å²) in [5.41, 5.74) is -0.279. The van der Waals surface area contributed by atoms with Crippen LogP contribution in [0.5, 0.6) is 0 Å². The first kappa shape index (κ1) is 12.5. The topological polar surface area (TPSA) is 60.2 Å². The maximum Gasteiger partial charge on any atom is 0.246 e. The van der Waals surface area contributed by atoms with Crippen molar-refractivity contribution < 1.29 is 9.26 Å². The molecule has 1 aliphatic rings. The number of nitrogens with zero attached hydrogens (tertiary/aromatic N) is 2. The minimum absolute atomic E-state index is 0.256. The molecule has 2 rings (SSSR count). The van der Waals surface area contributed by atoms with Crippen LogP contribution in [0.3, 0.4) is 0 Å². The van der Waals surface area contributed by atoms with Gasteiger partial charge in [-0.2, -0.15) is 4.98 Å². The summed E-state index contributed by atoms with van der Waals surface area (Å²) in [5.74, 6) is 1.38. The van der Waals surface area contributed by atoms with E-state index in [9.17, 15) is 0 Å². The summed E-state index contributed by atoms with van der Waals surface area (Å²) in [6.45, 7) is 4.89. The van der Waals surface area contributed by atoms with E-state index in [-0.39, 0.29) is 11.6 Å². The molecular formula is C12H21N3O2. The van der Waals surface area contributed by atoms with Crippen LogP contribution in [-0.2, 0) is 16.7 Å². The average Bonchev–Trinajstić information content (AvgIpc) is 2.80. The smallest absolute Gasteiger partial charge is 0.246 e. The number of hydrogen-bond donors (Lipinski definition) is 1. The lowest BCUT2D eigenvalue weighted by Gasteiger charge is -2.21. The van der Waals surface area contributed by atoms with Crippen molar-refractivity contribution in [3.8, 4) is 0 Å². The molecule has 1 fully saturated rings. The van der Waals surface area contributed by atoms with Crippen molar-refractivity contribution in [2.75, 3.05) is 13.7 Å². The van der Waals surface area contributed by atoms with Crippen LogP contribution in [0, 0.1) is 0 Å². The van der Waals surface area contributed by atoms with E-state index in [4.69, 9.17) is 9.26 Å². The van der Waals surface area contributed by atoms with Crippen LogP contribution in [-0.4, -0.2) is 29.9 Å². The summed E-state index contributed by atoms with van der Waals surface area (Å²) in [6.07, 6.45) is 4.51. The third-order valence-corrected chi connectivity index (χ3v) is 3.31. The largest absolute Gasteiger partial charge is 0.378 e. The molecule has 1 aromatic rings. The van der Waals surface area contributed by atoms with Gasteiger partial charge < -0.3 is 14.6 Å². The molecule has 1 unspecified atom stereocenters. The molecule has 0 bridgehead atoms. The van der Waals surface area contributed by atoms with E-state index in [1.807, 2.05) is 20.9 Å². The molecule has 1 saturated heterocycles. The van der Waals surface area contributed by atoms with Crippen LogP contribution in [0.25, 0.3) is 0 Å². The Morgan fingerprint density at radius 1 is 1.41 bits per heavy atom. The van der Waals surface area contributed by atoms with Gasteiger partial charge in [-0.3, -0.25) is 0 Å². The summed E-state index contributed by atoms with van der Waals surface area (Å²) in [5, 5.41) is 7.17. The summed E-state index contributed by atoms with van der Waals surface area (Å²) >= 11 is 0. The van der Waals surface area contributed by atoms with Crippen LogP contribution in [0.2, 0.25) is 0 Å². The first-order valence-corrected chi connectivity index (χ1v) is 6.25. The van der Waals surface area contributed by atoms with E-state index in [0.29, 0.717) is 5.89 Å². The number of rotatable bonds is 4. The molecule has 17 heavy (non-hydrogen) atoms. The van der Waals surface area contributed by atoms with Crippen molar-refractivity contribution in [2.24, 2.45) is 0 Å². The van der Waals surface area contributed by atoms with Gasteiger partial charge in [0.2, 0.25) is 5.89 Å². The van der Waals surface area contributed by atoms with Gasteiger partial charge in [0.1, 0.15) is 0 Å². The Bertz CT molecular complexity index is 356. The van der Waals surface area contributed by atoms with E-state index in [0.717, 1.165) is 25.3 Å². The monoisotopic (exact) mass is 239 g/mol. The second kappa shape index (κ2) is 5.14. The Labute approximate surface area is 102 Å². The quantitative estimate of drug-likeness (QED) is 0.865. The Balaban J connectivity index is 1.98. The highest BCUT2D eigenvalue weighted by Gasteiger charge is 2.26. The first-order valence-electron chi connectivity index (χ1n) is 6.25. The predicted octanol–water partition coefficient (Wildman–Crippen LogP) is 1.64. The molecule has 5 heteroatoms. The first-order chi connectivity index (χ1) is 8.12. The molecule has 0 aliphatic carbocycles. The zero-order valence-electron chi connectivity index (χ0n) is 10.8. The van der Waals surface area contributed by atoms with Crippen molar-refractivity contribution in [1.29, 1.82) is 0 Å². The molecule has 96 valence electrons. The van der Waals surface area contributed by atoms with Gasteiger partial charge in [-0.05, 0) is 40.2 Å². The van der Waals surface area contributed by atoms with Gasteiger partial charge in [0.05, 0.1) is 11.6 Å². The molecule has 1 aromatic heterocycles. The van der Waals surface area contributed by atoms with E-state index in [1.54, 1.807) is 0 Å². The summed E-state index contributed by atoms with van der Waals surface area (Å²) < 4.78 is 10.9. The minimum Gasteiger partial charge on any atom is -0.378 e. The third-order valence-electron chi connectivity index (χ3n) is 3.31. The van der Waals surface area contributed by atoms with Crippen molar-refractivity contribution in [3.63, 3.8) is 0 Å². The van der Waals surface area contributed by atoms with Crippen LogP contribution in [0.15, 0.2) is 4.52 Å². The lowest BCUT2D eigenvalue weighted by atomic mass is 10.1. The maximum atomic E-state index is 5.67. The van der Waals surface area contributed by atoms with Gasteiger partial charge in [0, 0.05) is 13.0 Å². The van der Waals surface area contributed by atoms with Gasteiger partial charge in [-0.1, -0.05) is 5.16 Å². The van der Waals surface area contributed by atoms with Gasteiger partial charge in [-0.15, -0.1) is 0 Å². The highest BCUT2D eigenvalue weighted by atomic mass is 16.5. The molecule has 1 atom stereocenters. The van der Waals surface area contributed by atoms with E-state index in [1.165, 1.54) is 12.8 Å². The SMILES string of the molecule is CNC(C)(C)c1nc(CC2CCCCO2)no1. The van der Waals surface area contributed by atoms with Crippen LogP contribution < -0.4 is 5.32 Å². The normalized spacial score (nSPS) is 21.7. The molecule has 0 spiro atoms. The molecule has 0 saturated carbocycles. The second-order valence-electron chi connectivity index (χ2n) is 5.08. The Hall–Kier alpha value is -0.940. The molecule has 1 N–H and O–H groups in total. The van der Waals surface area contributed by atoms with Crippen LogP contribution in [0.4, 0.5) is 0 Å². The predicted molar refractivity (Wildman–Crippen MR) is 63.7 cm³/mol. The van der Waals surface area contributed by atoms with Crippen molar-refractivity contribution >= 4 is 0 Å². The Morgan fingerprint density at radius 2 is 2.24 bits per heavy atom. The highest BCUT2D eigenvalue weighted by molar-refractivity contribution is 4.99. The fourth-order valence-electron chi connectivity index (χ4n) is 1.87. The molecule has 0 aromatic carbocycles. The van der Waals surface area contributed by atoms with Crippen LogP contribution in [0.1, 0.15) is 44.8 Å². The van der Waals surface area contributed by atoms with Crippen LogP contribution >= 0.6 is 0 Å². The van der Waals surface area contributed by atoms with E-state index < -0.39 is 0 Å². The lowest BCUT2D eigenvalue weighted by molar-refractivity contribution is 0.0153. The Morgan fingerprint density at radius 3 is 2.88 bits per heavy atom. The number of ether oxygens (including phenoxy) is 1. The van der Waals surface area contributed by atoms with Gasteiger partial charge in [-0.25, -0.2) is 0 Å². The van der Waals surface area contributed by atoms with Gasteiger partial charge in [0.25, 0.3) is 0 Å². The minimum atomic E-state index is -0.279. The number of hydrogen-bond acceptors (Lipinski definition) is 5. The second-order valence-corrected chi connectivity index (χ2v) is 5.08. The molecule has 2 heterocycles. The number of aromatic nitrogens is 2. The maximum absolute atomic E-state index is 5.67. The zero-order valence-corrected chi connectivity index (χ0v) is 10.8. The summed E-state index contributed by atoms with van der Waals surface area (Å²) in [4.78, 5) is 4.43. The zero-order chi connectivity index (χ0) is 12.3. The fraction of sp³-hybridized carbons (Fsp3) is 0.833. The molecular weight excluding hydrogens is 218 g/mol. The Kier molecular flexibility index (Phi) is 3.79. The molecule has 0 amide bonds. The standard InChI is InChI=1S/C12H21N3O2/c1-12(2,13-3)11-14-10(15-17-11)8-9-6-4-5-7-16-9/h9,13H,4-8H2,1-3H3. The lowest BCUT2D eigenvalue weighted by Crippen LogP contribution is -2.33. The summed E-state index contributed by atoms with van der Waals surface area (Å²) in [7, 11) is 1.88. The molecule has 0 radical (unpaired) electrons. The van der Waals surface area contributed by atoms with Gasteiger partial charge >= 0.3 is 0 Å². The average molecular weight is 239 g/mol. The van der Waals surface area contributed by atoms with Crippen molar-refractivity contribution in [2.45, 2.75) is 51.2 Å². The van der Waals surface area contributed by atoms with Gasteiger partial charge in [0.15, 0.2) is 5.82 Å². The molecule has 5 nitrogen and oxygen atoms in total. The van der Waals surface area contributed by atoms with E-state index >= 15 is 0 Å². The van der Waals surface area contributed by atoms with Crippen molar-refractivity contribution in [3.05, 3.63) is 11.7 Å². The van der Waals surface area contributed by atoms with Crippen molar-refractivity contribution in [1.82, 2.24) is 15.5 Å². The fourth-order valence-corrected chi connectivity index (χ4v) is 1.87.